The van der Waals surface area contributed by atoms with Crippen molar-refractivity contribution >= 4 is 23.1 Å². The monoisotopic (exact) mass is 342 g/mol. The van der Waals surface area contributed by atoms with Crippen LogP contribution in [0, 0.1) is 17.0 Å². The summed E-state index contributed by atoms with van der Waals surface area (Å²) >= 11 is 0. The number of benzene rings is 1. The van der Waals surface area contributed by atoms with E-state index in [0.29, 0.717) is 37.8 Å². The Labute approximate surface area is 144 Å². The van der Waals surface area contributed by atoms with E-state index in [2.05, 4.69) is 10.3 Å². The maximum atomic E-state index is 12.4. The average Bonchev–Trinajstić information content (AvgIpc) is 2.63. The number of nitro groups is 1. The quantitative estimate of drug-likeness (QED) is 0.677. The molecule has 1 amide bonds. The third-order valence-corrected chi connectivity index (χ3v) is 3.94. The largest absolute Gasteiger partial charge is 0.378 e. The summed E-state index contributed by atoms with van der Waals surface area (Å²) in [6.45, 7) is 4.11. The fourth-order valence-corrected chi connectivity index (χ4v) is 2.61. The highest BCUT2D eigenvalue weighted by Crippen LogP contribution is 2.30. The molecular formula is C17H18N4O4. The molecule has 1 N–H and O–H groups in total. The summed E-state index contributed by atoms with van der Waals surface area (Å²) in [4.78, 5) is 29.3. The lowest BCUT2D eigenvalue weighted by atomic mass is 10.1. The zero-order valence-electron chi connectivity index (χ0n) is 13.8. The molecule has 1 fully saturated rings. The first-order valence-corrected chi connectivity index (χ1v) is 7.90. The van der Waals surface area contributed by atoms with Crippen molar-refractivity contribution in [3.63, 3.8) is 0 Å². The Morgan fingerprint density at radius 2 is 2.04 bits per heavy atom. The Balaban J connectivity index is 1.84. The summed E-state index contributed by atoms with van der Waals surface area (Å²) in [7, 11) is 0. The molecule has 0 atom stereocenters. The SMILES string of the molecule is Cc1ccc(NC(=O)c2ccc(N3CCOCC3)c([N+](=O)[O-])c2)nc1. The molecule has 0 bridgehead atoms. The molecule has 0 saturated carbocycles. The number of ether oxygens (including phenoxy) is 1. The molecule has 2 aromatic rings. The molecule has 1 saturated heterocycles. The Hall–Kier alpha value is -3.00. The first-order chi connectivity index (χ1) is 12.0. The van der Waals surface area contributed by atoms with Crippen LogP contribution in [-0.2, 0) is 4.74 Å². The second-order valence-electron chi connectivity index (χ2n) is 5.73. The van der Waals surface area contributed by atoms with Gasteiger partial charge in [-0.3, -0.25) is 14.9 Å². The molecule has 1 aromatic carbocycles. The van der Waals surface area contributed by atoms with Gasteiger partial charge in [0, 0.05) is 30.9 Å². The van der Waals surface area contributed by atoms with Crippen LogP contribution in [0.2, 0.25) is 0 Å². The van der Waals surface area contributed by atoms with E-state index in [1.807, 2.05) is 17.9 Å². The lowest BCUT2D eigenvalue weighted by Crippen LogP contribution is -2.36. The molecule has 0 spiro atoms. The van der Waals surface area contributed by atoms with Gasteiger partial charge in [-0.05, 0) is 30.7 Å². The van der Waals surface area contributed by atoms with Crippen LogP contribution in [0.4, 0.5) is 17.2 Å². The Morgan fingerprint density at radius 1 is 1.28 bits per heavy atom. The Kier molecular flexibility index (Phi) is 4.90. The van der Waals surface area contributed by atoms with Crippen LogP contribution in [0.3, 0.4) is 0 Å². The van der Waals surface area contributed by atoms with Gasteiger partial charge in [0.2, 0.25) is 0 Å². The van der Waals surface area contributed by atoms with Crippen molar-refractivity contribution in [2.24, 2.45) is 0 Å². The van der Waals surface area contributed by atoms with Crippen LogP contribution in [0.5, 0.6) is 0 Å². The maximum Gasteiger partial charge on any atom is 0.293 e. The topological polar surface area (TPSA) is 97.6 Å². The van der Waals surface area contributed by atoms with Gasteiger partial charge < -0.3 is 15.0 Å². The molecule has 1 aromatic heterocycles. The minimum atomic E-state index is -0.467. The predicted octanol–water partition coefficient (Wildman–Crippen LogP) is 2.39. The minimum absolute atomic E-state index is 0.0913. The smallest absolute Gasteiger partial charge is 0.293 e. The van der Waals surface area contributed by atoms with E-state index >= 15 is 0 Å². The van der Waals surface area contributed by atoms with Gasteiger partial charge in [-0.15, -0.1) is 0 Å². The van der Waals surface area contributed by atoms with Crippen LogP contribution in [-0.4, -0.2) is 42.1 Å². The molecule has 1 aliphatic heterocycles. The molecule has 0 unspecified atom stereocenters. The number of anilines is 2. The molecule has 130 valence electrons. The number of carbonyl (C=O) groups excluding carboxylic acids is 1. The number of aryl methyl sites for hydroxylation is 1. The fourth-order valence-electron chi connectivity index (χ4n) is 2.61. The highest BCUT2D eigenvalue weighted by Gasteiger charge is 2.23. The average molecular weight is 342 g/mol. The number of rotatable bonds is 4. The van der Waals surface area contributed by atoms with Gasteiger partial charge in [0.25, 0.3) is 11.6 Å². The first kappa shape index (κ1) is 16.8. The van der Waals surface area contributed by atoms with E-state index in [9.17, 15) is 14.9 Å². The van der Waals surface area contributed by atoms with Gasteiger partial charge in [-0.25, -0.2) is 4.98 Å². The van der Waals surface area contributed by atoms with Crippen molar-refractivity contribution in [1.29, 1.82) is 0 Å². The van der Waals surface area contributed by atoms with E-state index in [1.54, 1.807) is 24.4 Å². The van der Waals surface area contributed by atoms with Crippen molar-refractivity contribution in [2.75, 3.05) is 36.5 Å². The third-order valence-electron chi connectivity index (χ3n) is 3.94. The van der Waals surface area contributed by atoms with Gasteiger partial charge in [0.15, 0.2) is 0 Å². The molecule has 8 heteroatoms. The van der Waals surface area contributed by atoms with Crippen molar-refractivity contribution < 1.29 is 14.5 Å². The number of amides is 1. The number of nitrogens with one attached hydrogen (secondary N) is 1. The normalized spacial score (nSPS) is 14.2. The highest BCUT2D eigenvalue weighted by atomic mass is 16.6. The predicted molar refractivity (Wildman–Crippen MR) is 93.1 cm³/mol. The van der Waals surface area contributed by atoms with Crippen LogP contribution in [0.1, 0.15) is 15.9 Å². The summed E-state index contributed by atoms with van der Waals surface area (Å²) in [5, 5.41) is 14.1. The number of morpholine rings is 1. The van der Waals surface area contributed by atoms with E-state index in [-0.39, 0.29) is 11.3 Å². The number of hydrogen-bond donors (Lipinski definition) is 1. The van der Waals surface area contributed by atoms with Crippen LogP contribution in [0.25, 0.3) is 0 Å². The summed E-state index contributed by atoms with van der Waals surface area (Å²) in [6, 6.07) is 8.01. The van der Waals surface area contributed by atoms with Crippen molar-refractivity contribution in [2.45, 2.75) is 6.92 Å². The van der Waals surface area contributed by atoms with E-state index in [0.717, 1.165) is 5.56 Å². The van der Waals surface area contributed by atoms with Gasteiger partial charge in [0.1, 0.15) is 11.5 Å². The number of pyridine rings is 1. The van der Waals surface area contributed by atoms with Crippen molar-refractivity contribution in [3.05, 3.63) is 57.8 Å². The van der Waals surface area contributed by atoms with E-state index in [1.165, 1.54) is 6.07 Å². The van der Waals surface area contributed by atoms with Crippen LogP contribution in [0.15, 0.2) is 36.5 Å². The van der Waals surface area contributed by atoms with Gasteiger partial charge >= 0.3 is 0 Å². The number of nitrogens with zero attached hydrogens (tertiary/aromatic N) is 3. The first-order valence-electron chi connectivity index (χ1n) is 7.90. The van der Waals surface area contributed by atoms with Gasteiger partial charge in [-0.1, -0.05) is 6.07 Å². The second-order valence-corrected chi connectivity index (χ2v) is 5.73. The van der Waals surface area contributed by atoms with Crippen molar-refractivity contribution in [1.82, 2.24) is 4.98 Å². The molecule has 3 rings (SSSR count). The molecule has 8 nitrogen and oxygen atoms in total. The Morgan fingerprint density at radius 3 is 2.68 bits per heavy atom. The highest BCUT2D eigenvalue weighted by molar-refractivity contribution is 6.04. The minimum Gasteiger partial charge on any atom is -0.378 e. The lowest BCUT2D eigenvalue weighted by Gasteiger charge is -2.28. The molecule has 0 radical (unpaired) electrons. The summed E-state index contributed by atoms with van der Waals surface area (Å²) in [6.07, 6.45) is 1.64. The lowest BCUT2D eigenvalue weighted by molar-refractivity contribution is -0.384. The maximum absolute atomic E-state index is 12.4. The van der Waals surface area contributed by atoms with E-state index < -0.39 is 10.8 Å². The fraction of sp³-hybridized carbons (Fsp3) is 0.294. The number of nitro benzene ring substituents is 1. The molecule has 1 aliphatic rings. The summed E-state index contributed by atoms with van der Waals surface area (Å²) in [5.74, 6) is -0.0384. The second kappa shape index (κ2) is 7.27. The molecule has 2 heterocycles. The van der Waals surface area contributed by atoms with E-state index in [4.69, 9.17) is 4.74 Å². The van der Waals surface area contributed by atoms with Gasteiger partial charge in [0.05, 0.1) is 18.1 Å². The number of aromatic nitrogens is 1. The third kappa shape index (κ3) is 3.92. The van der Waals surface area contributed by atoms with Crippen LogP contribution >= 0.6 is 0 Å². The molecule has 0 aliphatic carbocycles. The molecule has 25 heavy (non-hydrogen) atoms. The zero-order chi connectivity index (χ0) is 17.8. The zero-order valence-corrected chi connectivity index (χ0v) is 13.8. The number of hydrogen-bond acceptors (Lipinski definition) is 6. The Bertz CT molecular complexity index is 786. The standard InChI is InChI=1S/C17H18N4O4/c1-12-2-5-16(18-11-12)19-17(22)13-3-4-14(15(10-13)21(23)24)20-6-8-25-9-7-20/h2-5,10-11H,6-9H2,1H3,(H,18,19,22). The van der Waals surface area contributed by atoms with Gasteiger partial charge in [-0.2, -0.15) is 0 Å². The van der Waals surface area contributed by atoms with Crippen molar-refractivity contribution in [3.8, 4) is 0 Å². The molecular weight excluding hydrogens is 324 g/mol. The van der Waals surface area contributed by atoms with Crippen LogP contribution < -0.4 is 10.2 Å². The number of carbonyl (C=O) groups is 1. The summed E-state index contributed by atoms with van der Waals surface area (Å²) in [5.41, 5.74) is 1.60. The summed E-state index contributed by atoms with van der Waals surface area (Å²) < 4.78 is 5.28.